The molecule has 0 radical (unpaired) electrons. The molecule has 1 aromatic heterocycles. The number of anilines is 1. The van der Waals surface area contributed by atoms with Crippen molar-refractivity contribution in [2.24, 2.45) is 0 Å². The molecule has 0 aliphatic carbocycles. The van der Waals surface area contributed by atoms with E-state index in [1.54, 1.807) is 11.8 Å². The maximum Gasteiger partial charge on any atom is 0.211 e. The highest BCUT2D eigenvalue weighted by molar-refractivity contribution is 7.98. The van der Waals surface area contributed by atoms with Gasteiger partial charge in [-0.05, 0) is 42.7 Å². The molecule has 0 fully saturated rings. The molecule has 0 spiro atoms. The highest BCUT2D eigenvalue weighted by Crippen LogP contribution is 2.27. The lowest BCUT2D eigenvalue weighted by Gasteiger charge is -2.08. The molecule has 0 saturated carbocycles. The Morgan fingerprint density at radius 3 is 2.60 bits per heavy atom. The Balaban J connectivity index is 2.14. The number of nitrogens with zero attached hydrogens (tertiary/aromatic N) is 2. The van der Waals surface area contributed by atoms with Gasteiger partial charge in [0.15, 0.2) is 5.16 Å². The lowest BCUT2D eigenvalue weighted by Crippen LogP contribution is -1.97. The third kappa shape index (κ3) is 2.16. The summed E-state index contributed by atoms with van der Waals surface area (Å²) in [7, 11) is 0. The normalized spacial score (nSPS) is 10.7. The summed E-state index contributed by atoms with van der Waals surface area (Å²) < 4.78 is 2.12. The van der Waals surface area contributed by atoms with Gasteiger partial charge in [-0.2, -0.15) is 0 Å². The molecule has 0 aliphatic rings. The second-order valence-electron chi connectivity index (χ2n) is 4.23. The van der Waals surface area contributed by atoms with Crippen molar-refractivity contribution in [3.05, 3.63) is 48.5 Å². The number of carbonyl (C=O) groups excluding carboxylic acids is 1. The van der Waals surface area contributed by atoms with Crippen LogP contribution in [-0.4, -0.2) is 22.2 Å². The molecule has 0 aliphatic heterocycles. The molecule has 0 saturated heterocycles. The van der Waals surface area contributed by atoms with Gasteiger partial charge in [-0.3, -0.25) is 9.36 Å². The lowest BCUT2D eigenvalue weighted by molar-refractivity contribution is -0.105. The van der Waals surface area contributed by atoms with E-state index in [1.165, 1.54) is 0 Å². The molecule has 1 amide bonds. The molecule has 5 heteroatoms. The third-order valence-electron chi connectivity index (χ3n) is 3.06. The highest BCUT2D eigenvalue weighted by Gasteiger charge is 2.10. The Hall–Kier alpha value is -2.27. The van der Waals surface area contributed by atoms with Gasteiger partial charge in [0.1, 0.15) is 0 Å². The molecule has 1 heterocycles. The van der Waals surface area contributed by atoms with Gasteiger partial charge < -0.3 is 5.32 Å². The minimum atomic E-state index is 0.676. The second-order valence-corrected chi connectivity index (χ2v) is 5.01. The van der Waals surface area contributed by atoms with E-state index in [9.17, 15) is 4.79 Å². The smallest absolute Gasteiger partial charge is 0.211 e. The molecular formula is C15H13N3OS. The topological polar surface area (TPSA) is 46.9 Å². The van der Waals surface area contributed by atoms with Crippen molar-refractivity contribution in [2.75, 3.05) is 11.6 Å². The largest absolute Gasteiger partial charge is 0.329 e. The monoisotopic (exact) mass is 283 g/mol. The average molecular weight is 283 g/mol. The minimum Gasteiger partial charge on any atom is -0.329 e. The highest BCUT2D eigenvalue weighted by atomic mass is 32.2. The predicted octanol–water partition coefficient (Wildman–Crippen LogP) is 3.32. The van der Waals surface area contributed by atoms with Crippen LogP contribution < -0.4 is 5.32 Å². The Bertz CT molecular complexity index is 749. The Kier molecular flexibility index (Phi) is 3.43. The minimum absolute atomic E-state index is 0.676. The fourth-order valence-electron chi connectivity index (χ4n) is 2.17. The number of benzene rings is 2. The first-order valence-corrected chi connectivity index (χ1v) is 7.38. The number of carbonyl (C=O) groups is 1. The van der Waals surface area contributed by atoms with Gasteiger partial charge in [0.2, 0.25) is 6.41 Å². The molecule has 0 bridgehead atoms. The van der Waals surface area contributed by atoms with Gasteiger partial charge >= 0.3 is 0 Å². The fourth-order valence-corrected chi connectivity index (χ4v) is 2.74. The summed E-state index contributed by atoms with van der Waals surface area (Å²) in [5, 5.41) is 3.58. The van der Waals surface area contributed by atoms with E-state index in [1.807, 2.05) is 48.7 Å². The summed E-state index contributed by atoms with van der Waals surface area (Å²) in [5.41, 5.74) is 3.86. The predicted molar refractivity (Wildman–Crippen MR) is 82.5 cm³/mol. The summed E-state index contributed by atoms with van der Waals surface area (Å²) in [6.45, 7) is 0. The van der Waals surface area contributed by atoms with Crippen molar-refractivity contribution < 1.29 is 4.79 Å². The molecule has 3 aromatic rings. The van der Waals surface area contributed by atoms with Crippen molar-refractivity contribution in [3.63, 3.8) is 0 Å². The molecular weight excluding hydrogens is 270 g/mol. The third-order valence-corrected chi connectivity index (χ3v) is 3.70. The maximum absolute atomic E-state index is 10.4. The SMILES string of the molecule is CSc1nc2ccccc2n1-c1ccc(NC=O)cc1. The summed E-state index contributed by atoms with van der Waals surface area (Å²) >= 11 is 1.61. The van der Waals surface area contributed by atoms with Crippen LogP contribution >= 0.6 is 11.8 Å². The van der Waals surface area contributed by atoms with Crippen molar-refractivity contribution in [2.45, 2.75) is 5.16 Å². The van der Waals surface area contributed by atoms with E-state index in [0.29, 0.717) is 6.41 Å². The van der Waals surface area contributed by atoms with E-state index >= 15 is 0 Å². The first-order valence-electron chi connectivity index (χ1n) is 6.15. The molecule has 3 rings (SSSR count). The molecule has 20 heavy (non-hydrogen) atoms. The summed E-state index contributed by atoms with van der Waals surface area (Å²) in [5.74, 6) is 0. The summed E-state index contributed by atoms with van der Waals surface area (Å²) in [6.07, 6.45) is 2.69. The average Bonchev–Trinajstić information content (AvgIpc) is 2.87. The van der Waals surface area contributed by atoms with Gasteiger partial charge in [-0.15, -0.1) is 0 Å². The van der Waals surface area contributed by atoms with Gasteiger partial charge in [-0.25, -0.2) is 4.98 Å². The number of imidazole rings is 1. The van der Waals surface area contributed by atoms with Crippen molar-refractivity contribution >= 4 is 34.9 Å². The number of fused-ring (bicyclic) bond motifs is 1. The molecule has 100 valence electrons. The van der Waals surface area contributed by atoms with Crippen LogP contribution in [0.5, 0.6) is 0 Å². The van der Waals surface area contributed by atoms with E-state index < -0.39 is 0 Å². The molecule has 4 nitrogen and oxygen atoms in total. The van der Waals surface area contributed by atoms with E-state index in [4.69, 9.17) is 0 Å². The molecule has 0 atom stereocenters. The van der Waals surface area contributed by atoms with Crippen LogP contribution in [0.1, 0.15) is 0 Å². The number of hydrogen-bond acceptors (Lipinski definition) is 3. The number of rotatable bonds is 4. The zero-order valence-electron chi connectivity index (χ0n) is 10.9. The van der Waals surface area contributed by atoms with Crippen molar-refractivity contribution in [1.82, 2.24) is 9.55 Å². The Morgan fingerprint density at radius 1 is 1.15 bits per heavy atom. The maximum atomic E-state index is 10.4. The van der Waals surface area contributed by atoms with E-state index in [2.05, 4.69) is 20.9 Å². The molecule has 2 aromatic carbocycles. The van der Waals surface area contributed by atoms with Crippen LogP contribution in [0, 0.1) is 0 Å². The first-order chi connectivity index (χ1) is 9.83. The molecule has 1 N–H and O–H groups in total. The number of hydrogen-bond donors (Lipinski definition) is 1. The second kappa shape index (κ2) is 5.38. The zero-order chi connectivity index (χ0) is 13.9. The Labute approximate surface area is 120 Å². The quantitative estimate of drug-likeness (QED) is 0.590. The molecule has 0 unspecified atom stereocenters. The lowest BCUT2D eigenvalue weighted by atomic mass is 10.2. The number of para-hydroxylation sites is 2. The summed E-state index contributed by atoms with van der Waals surface area (Å²) in [4.78, 5) is 15.1. The van der Waals surface area contributed by atoms with Gasteiger partial charge in [0, 0.05) is 11.4 Å². The van der Waals surface area contributed by atoms with Crippen LogP contribution in [0.4, 0.5) is 5.69 Å². The van der Waals surface area contributed by atoms with E-state index in [-0.39, 0.29) is 0 Å². The van der Waals surface area contributed by atoms with Crippen LogP contribution in [-0.2, 0) is 4.79 Å². The number of aromatic nitrogens is 2. The van der Waals surface area contributed by atoms with Crippen LogP contribution in [0.2, 0.25) is 0 Å². The van der Waals surface area contributed by atoms with Crippen molar-refractivity contribution in [1.29, 1.82) is 0 Å². The van der Waals surface area contributed by atoms with E-state index in [0.717, 1.165) is 27.6 Å². The number of thioether (sulfide) groups is 1. The number of nitrogens with one attached hydrogen (secondary N) is 1. The van der Waals surface area contributed by atoms with Crippen LogP contribution in [0.15, 0.2) is 53.7 Å². The van der Waals surface area contributed by atoms with Crippen LogP contribution in [0.25, 0.3) is 16.7 Å². The summed E-state index contributed by atoms with van der Waals surface area (Å²) in [6, 6.07) is 15.8. The first kappa shape index (κ1) is 12.7. The number of amides is 1. The van der Waals surface area contributed by atoms with Gasteiger partial charge in [0.05, 0.1) is 11.0 Å². The van der Waals surface area contributed by atoms with Crippen molar-refractivity contribution in [3.8, 4) is 5.69 Å². The van der Waals surface area contributed by atoms with Gasteiger partial charge in [-0.1, -0.05) is 23.9 Å². The Morgan fingerprint density at radius 2 is 1.90 bits per heavy atom. The van der Waals surface area contributed by atoms with Gasteiger partial charge in [0.25, 0.3) is 0 Å². The zero-order valence-corrected chi connectivity index (χ0v) is 11.7. The fraction of sp³-hybridized carbons (Fsp3) is 0.0667. The van der Waals surface area contributed by atoms with Crippen LogP contribution in [0.3, 0.4) is 0 Å². The standard InChI is InChI=1S/C15H13N3OS/c1-20-15-17-13-4-2-3-5-14(13)18(15)12-8-6-11(7-9-12)16-10-19/h2-10H,1H3,(H,16,19).